The Bertz CT molecular complexity index is 1750. The van der Waals surface area contributed by atoms with Crippen molar-refractivity contribution in [3.8, 4) is 11.1 Å². The van der Waals surface area contributed by atoms with Crippen molar-refractivity contribution in [1.29, 1.82) is 0 Å². The largest absolute Gasteiger partial charge is 0.481 e. The van der Waals surface area contributed by atoms with Crippen LogP contribution in [0.15, 0.2) is 102 Å². The molecule has 2 amide bonds. The van der Waals surface area contributed by atoms with Crippen LogP contribution >= 0.6 is 11.8 Å². The summed E-state index contributed by atoms with van der Waals surface area (Å²) in [6.45, 7) is 1.90. The van der Waals surface area contributed by atoms with Crippen LogP contribution in [-0.4, -0.2) is 39.9 Å². The molecule has 0 bridgehead atoms. The van der Waals surface area contributed by atoms with E-state index in [-0.39, 0.29) is 37.0 Å². The van der Waals surface area contributed by atoms with Crippen LogP contribution < -0.4 is 10.6 Å². The number of nitrogens with one attached hydrogen (secondary N) is 2. The maximum absolute atomic E-state index is 12.4. The van der Waals surface area contributed by atoms with Gasteiger partial charge in [0, 0.05) is 54.6 Å². The Hall–Kier alpha value is -4.48. The standard InChI is InChI=1S/C41H46N2O7S/c1-28(45)43-35-18-20-37(21-19-35)51-27-36-24-38(31-16-14-29(26-44)15-17-31)50-41(49-36)34-11-7-10-33(23-34)32-9-6-8-30(22-32)25-42-39(46)12-4-2-3-5-13-40(47)48/h6-11,14-23,36,38,41,44H,2-5,12-13,24-27H2,1H3,(H,42,46)(H,43,45)(H,47,48)/t36-,38+,41+/m0/s1. The molecule has 9 nitrogen and oxygen atoms in total. The van der Waals surface area contributed by atoms with Gasteiger partial charge in [0.05, 0.1) is 18.8 Å². The summed E-state index contributed by atoms with van der Waals surface area (Å²) in [7, 11) is 0. The van der Waals surface area contributed by atoms with Gasteiger partial charge >= 0.3 is 5.97 Å². The molecule has 1 heterocycles. The minimum atomic E-state index is -0.781. The average molecular weight is 711 g/mol. The second-order valence-corrected chi connectivity index (χ2v) is 13.9. The first-order chi connectivity index (χ1) is 24.7. The van der Waals surface area contributed by atoms with Crippen molar-refractivity contribution in [2.24, 2.45) is 0 Å². The summed E-state index contributed by atoms with van der Waals surface area (Å²) in [5, 5.41) is 24.1. The fraction of sp³-hybridized carbons (Fsp3) is 0.341. The molecule has 4 N–H and O–H groups in total. The average Bonchev–Trinajstić information content (AvgIpc) is 3.15. The lowest BCUT2D eigenvalue weighted by atomic mass is 9.99. The number of thioether (sulfide) groups is 1. The highest BCUT2D eigenvalue weighted by atomic mass is 32.2. The number of hydrogen-bond acceptors (Lipinski definition) is 7. The van der Waals surface area contributed by atoms with Gasteiger partial charge in [-0.05, 0) is 77.1 Å². The highest BCUT2D eigenvalue weighted by molar-refractivity contribution is 7.99. The highest BCUT2D eigenvalue weighted by Crippen LogP contribution is 2.40. The van der Waals surface area contributed by atoms with Crippen LogP contribution in [0, 0.1) is 0 Å². The van der Waals surface area contributed by atoms with Gasteiger partial charge in [0.15, 0.2) is 6.29 Å². The van der Waals surface area contributed by atoms with Gasteiger partial charge in [-0.2, -0.15) is 0 Å². The molecule has 1 fully saturated rings. The molecule has 0 aliphatic carbocycles. The molecule has 0 spiro atoms. The van der Waals surface area contributed by atoms with Gasteiger partial charge in [0.2, 0.25) is 11.8 Å². The van der Waals surface area contributed by atoms with Gasteiger partial charge in [-0.1, -0.05) is 73.5 Å². The van der Waals surface area contributed by atoms with Crippen LogP contribution in [0.3, 0.4) is 0 Å². The molecule has 1 saturated heterocycles. The van der Waals surface area contributed by atoms with Crippen molar-refractivity contribution in [2.75, 3.05) is 11.1 Å². The lowest BCUT2D eigenvalue weighted by molar-refractivity contribution is -0.245. The van der Waals surface area contributed by atoms with E-state index in [0.717, 1.165) is 63.2 Å². The van der Waals surface area contributed by atoms with Gasteiger partial charge in [-0.15, -0.1) is 11.8 Å². The van der Waals surface area contributed by atoms with E-state index >= 15 is 0 Å². The molecular weight excluding hydrogens is 665 g/mol. The molecule has 0 aromatic heterocycles. The van der Waals surface area contributed by atoms with Gasteiger partial charge < -0.3 is 30.3 Å². The number of hydrogen-bond donors (Lipinski definition) is 4. The summed E-state index contributed by atoms with van der Waals surface area (Å²) >= 11 is 1.70. The number of rotatable bonds is 17. The number of aliphatic hydroxyl groups is 1. The Morgan fingerprint density at radius 1 is 0.784 bits per heavy atom. The van der Waals surface area contributed by atoms with E-state index in [1.807, 2.05) is 78.9 Å². The fourth-order valence-corrected chi connectivity index (χ4v) is 6.90. The van der Waals surface area contributed by atoms with Crippen molar-refractivity contribution < 1.29 is 34.1 Å². The molecule has 4 aromatic rings. The Kier molecular flexibility index (Phi) is 14.2. The molecule has 5 rings (SSSR count). The number of carboxylic acids is 1. The SMILES string of the molecule is CC(=O)Nc1ccc(SC[C@@H]2C[C@H](c3ccc(CO)cc3)O[C@H](c3cccc(-c4cccc(CNC(=O)CCCCCCC(=O)O)c4)c3)O2)cc1. The molecular formula is C41H46N2O7S. The van der Waals surface area contributed by atoms with Crippen molar-refractivity contribution in [2.45, 2.75) is 88.4 Å². The predicted molar refractivity (Wildman–Crippen MR) is 199 cm³/mol. The first-order valence-corrected chi connectivity index (χ1v) is 18.4. The van der Waals surface area contributed by atoms with E-state index in [2.05, 4.69) is 28.8 Å². The summed E-state index contributed by atoms with van der Waals surface area (Å²) in [5.74, 6) is -0.187. The molecule has 1 aliphatic rings. The van der Waals surface area contributed by atoms with Crippen LogP contribution in [0.1, 0.15) is 86.5 Å². The van der Waals surface area contributed by atoms with Crippen LogP contribution in [0.2, 0.25) is 0 Å². The molecule has 51 heavy (non-hydrogen) atoms. The Morgan fingerprint density at radius 3 is 2.20 bits per heavy atom. The maximum atomic E-state index is 12.4. The van der Waals surface area contributed by atoms with Gasteiger partial charge in [0.25, 0.3) is 0 Å². The van der Waals surface area contributed by atoms with Gasteiger partial charge in [-0.25, -0.2) is 0 Å². The molecule has 268 valence electrons. The fourth-order valence-electron chi connectivity index (χ4n) is 5.98. The number of amides is 2. The minimum Gasteiger partial charge on any atom is -0.481 e. The zero-order valence-electron chi connectivity index (χ0n) is 28.9. The monoisotopic (exact) mass is 710 g/mol. The summed E-state index contributed by atoms with van der Waals surface area (Å²) in [6.07, 6.45) is 3.39. The van der Waals surface area contributed by atoms with Crippen LogP contribution in [-0.2, 0) is 37.0 Å². The van der Waals surface area contributed by atoms with Crippen molar-refractivity contribution >= 4 is 35.2 Å². The lowest BCUT2D eigenvalue weighted by Gasteiger charge is -2.36. The Morgan fingerprint density at radius 2 is 1.49 bits per heavy atom. The Labute approximate surface area is 303 Å². The number of aliphatic carboxylic acids is 1. The number of aliphatic hydroxyl groups excluding tert-OH is 1. The second kappa shape index (κ2) is 19.2. The number of unbranched alkanes of at least 4 members (excludes halogenated alkanes) is 3. The lowest BCUT2D eigenvalue weighted by Crippen LogP contribution is -2.31. The van der Waals surface area contributed by atoms with E-state index in [1.54, 1.807) is 11.8 Å². The molecule has 0 radical (unpaired) electrons. The highest BCUT2D eigenvalue weighted by Gasteiger charge is 2.32. The van der Waals surface area contributed by atoms with Crippen molar-refractivity contribution in [1.82, 2.24) is 5.32 Å². The summed E-state index contributed by atoms with van der Waals surface area (Å²) in [5.41, 5.74) is 6.55. The van der Waals surface area contributed by atoms with Crippen LogP contribution in [0.25, 0.3) is 11.1 Å². The number of benzene rings is 4. The van der Waals surface area contributed by atoms with Crippen LogP contribution in [0.5, 0.6) is 0 Å². The van der Waals surface area contributed by atoms with E-state index in [4.69, 9.17) is 14.6 Å². The number of ether oxygens (including phenoxy) is 2. The number of carbonyl (C=O) groups is 3. The summed E-state index contributed by atoms with van der Waals surface area (Å²) in [6, 6.07) is 31.9. The number of carbonyl (C=O) groups excluding carboxylic acids is 2. The molecule has 0 saturated carbocycles. The summed E-state index contributed by atoms with van der Waals surface area (Å²) in [4.78, 5) is 35.6. The first-order valence-electron chi connectivity index (χ1n) is 17.4. The van der Waals surface area contributed by atoms with Gasteiger partial charge in [0.1, 0.15) is 0 Å². The molecule has 3 atom stereocenters. The normalized spacial score (nSPS) is 17.1. The maximum Gasteiger partial charge on any atom is 0.303 e. The quantitative estimate of drug-likeness (QED) is 0.0637. The van der Waals surface area contributed by atoms with E-state index < -0.39 is 12.3 Å². The zero-order valence-corrected chi connectivity index (χ0v) is 29.7. The van der Waals surface area contributed by atoms with Crippen molar-refractivity contribution in [3.63, 3.8) is 0 Å². The number of anilines is 1. The summed E-state index contributed by atoms with van der Waals surface area (Å²) < 4.78 is 13.2. The third-order valence-corrected chi connectivity index (χ3v) is 9.82. The van der Waals surface area contributed by atoms with E-state index in [0.29, 0.717) is 31.6 Å². The third kappa shape index (κ3) is 12.1. The second-order valence-electron chi connectivity index (χ2n) is 12.8. The topological polar surface area (TPSA) is 134 Å². The smallest absolute Gasteiger partial charge is 0.303 e. The zero-order chi connectivity index (χ0) is 36.0. The van der Waals surface area contributed by atoms with E-state index in [9.17, 15) is 19.5 Å². The molecule has 10 heteroatoms. The predicted octanol–water partition coefficient (Wildman–Crippen LogP) is 8.18. The molecule has 1 aliphatic heterocycles. The third-order valence-electron chi connectivity index (χ3n) is 8.68. The first kappa shape index (κ1) is 37.8. The number of carboxylic acid groups (broad SMARTS) is 1. The molecule has 4 aromatic carbocycles. The molecule has 0 unspecified atom stereocenters. The Balaban J connectivity index is 1.24. The minimum absolute atomic E-state index is 0.0116. The van der Waals surface area contributed by atoms with E-state index in [1.165, 1.54) is 6.92 Å². The van der Waals surface area contributed by atoms with Crippen molar-refractivity contribution in [3.05, 3.63) is 119 Å². The van der Waals surface area contributed by atoms with Gasteiger partial charge in [-0.3, -0.25) is 14.4 Å². The van der Waals surface area contributed by atoms with Crippen LogP contribution in [0.4, 0.5) is 5.69 Å².